The van der Waals surface area contributed by atoms with Crippen molar-refractivity contribution in [1.82, 2.24) is 0 Å². The standard InChI is InChI=1S/C12H14BrN/c1-12-8-9(12)6-7-14(12)11-5-3-2-4-10(11)13/h2-5,9H,6-8H2,1H3/t9-,12-/m0/s1. The lowest BCUT2D eigenvalue weighted by molar-refractivity contribution is 0.687. The van der Waals surface area contributed by atoms with Crippen LogP contribution in [0.4, 0.5) is 5.69 Å². The molecule has 1 aromatic rings. The van der Waals surface area contributed by atoms with E-state index in [4.69, 9.17) is 0 Å². The van der Waals surface area contributed by atoms with Crippen molar-refractivity contribution >= 4 is 21.6 Å². The van der Waals surface area contributed by atoms with Crippen LogP contribution in [0.3, 0.4) is 0 Å². The molecule has 1 aliphatic carbocycles. The highest BCUT2D eigenvalue weighted by Gasteiger charge is 2.58. The summed E-state index contributed by atoms with van der Waals surface area (Å²) < 4.78 is 1.23. The molecule has 2 aliphatic rings. The number of hydrogen-bond acceptors (Lipinski definition) is 1. The van der Waals surface area contributed by atoms with Crippen LogP contribution in [-0.2, 0) is 0 Å². The van der Waals surface area contributed by atoms with Crippen LogP contribution in [0.1, 0.15) is 19.8 Å². The molecule has 0 aromatic heterocycles. The average Bonchev–Trinajstić information content (AvgIpc) is 2.72. The van der Waals surface area contributed by atoms with Gasteiger partial charge in [-0.25, -0.2) is 0 Å². The second kappa shape index (κ2) is 2.75. The summed E-state index contributed by atoms with van der Waals surface area (Å²) in [6.45, 7) is 3.62. The van der Waals surface area contributed by atoms with Crippen molar-refractivity contribution in [3.05, 3.63) is 28.7 Å². The number of halogens is 1. The zero-order valence-corrected chi connectivity index (χ0v) is 9.92. The third-order valence-corrected chi connectivity index (χ3v) is 4.51. The molecule has 2 atom stereocenters. The lowest BCUT2D eigenvalue weighted by Gasteiger charge is -2.28. The smallest absolute Gasteiger partial charge is 0.0515 e. The summed E-state index contributed by atoms with van der Waals surface area (Å²) >= 11 is 3.63. The molecule has 0 unspecified atom stereocenters. The fraction of sp³-hybridized carbons (Fsp3) is 0.500. The molecule has 3 rings (SSSR count). The van der Waals surface area contributed by atoms with Gasteiger partial charge in [-0.2, -0.15) is 0 Å². The highest BCUT2D eigenvalue weighted by Crippen LogP contribution is 2.57. The zero-order chi connectivity index (χ0) is 9.76. The number of fused-ring (bicyclic) bond motifs is 1. The molecule has 1 saturated carbocycles. The van der Waals surface area contributed by atoms with Crippen LogP contribution in [0.2, 0.25) is 0 Å². The van der Waals surface area contributed by atoms with E-state index in [1.54, 1.807) is 0 Å². The summed E-state index contributed by atoms with van der Waals surface area (Å²) in [5.41, 5.74) is 1.85. The van der Waals surface area contributed by atoms with Crippen molar-refractivity contribution in [2.24, 2.45) is 5.92 Å². The van der Waals surface area contributed by atoms with E-state index in [9.17, 15) is 0 Å². The number of piperidine rings is 1. The number of anilines is 1. The zero-order valence-electron chi connectivity index (χ0n) is 8.33. The Bertz CT molecular complexity index is 374. The first-order valence-corrected chi connectivity index (χ1v) is 6.03. The molecule has 0 spiro atoms. The molecule has 0 radical (unpaired) electrons. The van der Waals surface area contributed by atoms with Crippen molar-refractivity contribution in [3.63, 3.8) is 0 Å². The van der Waals surface area contributed by atoms with Crippen LogP contribution in [-0.4, -0.2) is 12.1 Å². The Morgan fingerprint density at radius 2 is 2.21 bits per heavy atom. The van der Waals surface area contributed by atoms with Gasteiger partial charge in [-0.1, -0.05) is 12.1 Å². The highest BCUT2D eigenvalue weighted by atomic mass is 79.9. The van der Waals surface area contributed by atoms with Crippen molar-refractivity contribution < 1.29 is 0 Å². The van der Waals surface area contributed by atoms with Crippen LogP contribution in [0, 0.1) is 5.92 Å². The van der Waals surface area contributed by atoms with E-state index >= 15 is 0 Å². The lowest BCUT2D eigenvalue weighted by Crippen LogP contribution is -2.32. The minimum absolute atomic E-state index is 0.476. The van der Waals surface area contributed by atoms with Crippen LogP contribution >= 0.6 is 15.9 Å². The number of para-hydroxylation sites is 1. The van der Waals surface area contributed by atoms with Crippen molar-refractivity contribution in [2.45, 2.75) is 25.3 Å². The topological polar surface area (TPSA) is 3.24 Å². The largest absolute Gasteiger partial charge is 0.365 e. The quantitative estimate of drug-likeness (QED) is 0.740. The van der Waals surface area contributed by atoms with Crippen LogP contribution in [0.5, 0.6) is 0 Å². The molecule has 1 heterocycles. The van der Waals surface area contributed by atoms with E-state index < -0.39 is 0 Å². The predicted molar refractivity (Wildman–Crippen MR) is 62.6 cm³/mol. The van der Waals surface area contributed by atoms with Crippen molar-refractivity contribution in [3.8, 4) is 0 Å². The minimum Gasteiger partial charge on any atom is -0.365 e. The third kappa shape index (κ3) is 1.07. The Morgan fingerprint density at radius 3 is 2.79 bits per heavy atom. The predicted octanol–water partition coefficient (Wildman–Crippen LogP) is 3.44. The number of benzene rings is 1. The van der Waals surface area contributed by atoms with Gasteiger partial charge in [-0.15, -0.1) is 0 Å². The second-order valence-corrected chi connectivity index (χ2v) is 5.50. The molecule has 1 nitrogen and oxygen atoms in total. The minimum atomic E-state index is 0.476. The van der Waals surface area contributed by atoms with E-state index in [-0.39, 0.29) is 0 Å². The Kier molecular flexibility index (Phi) is 1.73. The van der Waals surface area contributed by atoms with Crippen LogP contribution in [0.15, 0.2) is 28.7 Å². The maximum Gasteiger partial charge on any atom is 0.0515 e. The van der Waals surface area contributed by atoms with Crippen LogP contribution in [0.25, 0.3) is 0 Å². The molecular formula is C12H14BrN. The van der Waals surface area contributed by atoms with Gasteiger partial charge < -0.3 is 4.90 Å². The fourth-order valence-corrected chi connectivity index (χ4v) is 3.29. The van der Waals surface area contributed by atoms with E-state index in [0.29, 0.717) is 5.54 Å². The van der Waals surface area contributed by atoms with Gasteiger partial charge >= 0.3 is 0 Å². The summed E-state index contributed by atoms with van der Waals surface area (Å²) in [5.74, 6) is 0.953. The summed E-state index contributed by atoms with van der Waals surface area (Å²) in [6.07, 6.45) is 2.76. The van der Waals surface area contributed by atoms with Crippen molar-refractivity contribution in [2.75, 3.05) is 11.4 Å². The second-order valence-electron chi connectivity index (χ2n) is 4.65. The highest BCUT2D eigenvalue weighted by molar-refractivity contribution is 9.10. The van der Waals surface area contributed by atoms with Gasteiger partial charge in [0.05, 0.1) is 5.69 Å². The SMILES string of the molecule is C[C@]12C[C@@H]1CCN2c1ccccc1Br. The van der Waals surface area contributed by atoms with Gasteiger partial charge in [0.1, 0.15) is 0 Å². The van der Waals surface area contributed by atoms with E-state index in [1.807, 2.05) is 0 Å². The average molecular weight is 252 g/mol. The van der Waals surface area contributed by atoms with E-state index in [1.165, 1.54) is 29.5 Å². The normalized spacial score (nSPS) is 34.4. The Hall–Kier alpha value is -0.500. The van der Waals surface area contributed by atoms with Gasteiger partial charge in [0.25, 0.3) is 0 Å². The number of rotatable bonds is 1. The first-order valence-electron chi connectivity index (χ1n) is 5.24. The molecular weight excluding hydrogens is 238 g/mol. The van der Waals surface area contributed by atoms with Gasteiger partial charge in [-0.3, -0.25) is 0 Å². The molecule has 1 aliphatic heterocycles. The Balaban J connectivity index is 2.00. The fourth-order valence-electron chi connectivity index (χ4n) is 2.79. The molecule has 2 fully saturated rings. The monoisotopic (exact) mass is 251 g/mol. The van der Waals surface area contributed by atoms with E-state index in [0.717, 1.165) is 5.92 Å². The first kappa shape index (κ1) is 8.78. The Morgan fingerprint density at radius 1 is 1.43 bits per heavy atom. The molecule has 0 bridgehead atoms. The van der Waals surface area contributed by atoms with Gasteiger partial charge in [0, 0.05) is 16.6 Å². The van der Waals surface area contributed by atoms with E-state index in [2.05, 4.69) is 52.0 Å². The molecule has 1 saturated heterocycles. The Labute approximate surface area is 93.2 Å². The summed E-state index contributed by atoms with van der Waals surface area (Å²) in [7, 11) is 0. The molecule has 1 aromatic carbocycles. The van der Waals surface area contributed by atoms with Gasteiger partial charge in [0.2, 0.25) is 0 Å². The maximum atomic E-state index is 3.63. The first-order chi connectivity index (χ1) is 6.72. The molecule has 2 heteroatoms. The summed E-state index contributed by atoms with van der Waals surface area (Å²) in [5, 5.41) is 0. The molecule has 14 heavy (non-hydrogen) atoms. The van der Waals surface area contributed by atoms with Crippen molar-refractivity contribution in [1.29, 1.82) is 0 Å². The maximum absolute atomic E-state index is 3.63. The van der Waals surface area contributed by atoms with Crippen LogP contribution < -0.4 is 4.90 Å². The molecule has 74 valence electrons. The summed E-state index contributed by atoms with van der Waals surface area (Å²) in [6, 6.07) is 8.56. The number of nitrogens with zero attached hydrogens (tertiary/aromatic N) is 1. The number of hydrogen-bond donors (Lipinski definition) is 0. The third-order valence-electron chi connectivity index (χ3n) is 3.84. The van der Waals surface area contributed by atoms with Gasteiger partial charge in [-0.05, 0) is 53.7 Å². The lowest BCUT2D eigenvalue weighted by atomic mass is 10.2. The summed E-state index contributed by atoms with van der Waals surface area (Å²) in [4.78, 5) is 2.57. The van der Waals surface area contributed by atoms with Gasteiger partial charge in [0.15, 0.2) is 0 Å². The molecule has 0 amide bonds. The molecule has 0 N–H and O–H groups in total.